The van der Waals surface area contributed by atoms with E-state index in [1.807, 2.05) is 0 Å². The number of aromatic nitrogens is 3. The van der Waals surface area contributed by atoms with Crippen LogP contribution < -0.4 is 14.6 Å². The van der Waals surface area contributed by atoms with Gasteiger partial charge in [0.05, 0.1) is 10.9 Å². The number of nitrogens with zero attached hydrogens (tertiary/aromatic N) is 2. The van der Waals surface area contributed by atoms with Gasteiger partial charge in [0.2, 0.25) is 10.1 Å². The highest BCUT2D eigenvalue weighted by atomic mass is 35.5. The normalized spacial score (nSPS) is 15.1. The lowest BCUT2D eigenvalue weighted by Gasteiger charge is -1.99. The SMILES string of the molecule is O=[n+]1[nH]c(NC2CC2)[n+](O)c2ccc(Cl)cc21. The molecule has 1 aliphatic rings. The number of fused-ring (bicyclic) bond motifs is 1. The van der Waals surface area contributed by atoms with Crippen LogP contribution >= 0.6 is 11.6 Å². The van der Waals surface area contributed by atoms with Gasteiger partial charge in [-0.2, -0.15) is 0 Å². The molecule has 1 aliphatic carbocycles. The summed E-state index contributed by atoms with van der Waals surface area (Å²) in [5.41, 5.74) is 0.674. The first kappa shape index (κ1) is 10.3. The molecule has 88 valence electrons. The number of anilines is 1. The van der Waals surface area contributed by atoms with E-state index in [-0.39, 0.29) is 11.5 Å². The monoisotopic (exact) mass is 254 g/mol. The van der Waals surface area contributed by atoms with Crippen LogP contribution in [0.25, 0.3) is 11.0 Å². The summed E-state index contributed by atoms with van der Waals surface area (Å²) in [6, 6.07) is 5.04. The Balaban J connectivity index is 2.23. The fourth-order valence-corrected chi connectivity index (χ4v) is 1.84. The number of nitrogens with one attached hydrogen (secondary N) is 2. The third-order valence-corrected chi connectivity index (χ3v) is 2.96. The molecule has 0 aliphatic heterocycles. The molecule has 0 saturated heterocycles. The smallest absolute Gasteiger partial charge is 0.371 e. The predicted octanol–water partition coefficient (Wildman–Crippen LogP) is 0.835. The van der Waals surface area contributed by atoms with Gasteiger partial charge in [-0.05, 0) is 29.7 Å². The first-order chi connectivity index (χ1) is 8.15. The van der Waals surface area contributed by atoms with E-state index in [1.54, 1.807) is 12.1 Å². The molecule has 1 saturated carbocycles. The fraction of sp³-hybridized carbons (Fsp3) is 0.300. The molecule has 1 heterocycles. The summed E-state index contributed by atoms with van der Waals surface area (Å²) >= 11 is 5.80. The minimum absolute atomic E-state index is 0.275. The highest BCUT2D eigenvalue weighted by molar-refractivity contribution is 6.31. The van der Waals surface area contributed by atoms with Crippen LogP contribution in [0.1, 0.15) is 12.8 Å². The zero-order valence-corrected chi connectivity index (χ0v) is 9.61. The number of aromatic amines is 1. The third kappa shape index (κ3) is 1.80. The van der Waals surface area contributed by atoms with Crippen LogP contribution in [-0.2, 0) is 0 Å². The van der Waals surface area contributed by atoms with Gasteiger partial charge < -0.3 is 5.21 Å². The fourth-order valence-electron chi connectivity index (χ4n) is 1.68. The van der Waals surface area contributed by atoms with E-state index in [9.17, 15) is 10.1 Å². The topological polar surface area (TPSA) is 74.9 Å². The predicted molar refractivity (Wildman–Crippen MR) is 60.7 cm³/mol. The van der Waals surface area contributed by atoms with Crippen molar-refractivity contribution in [3.05, 3.63) is 28.1 Å². The summed E-state index contributed by atoms with van der Waals surface area (Å²) in [4.78, 5) is 11.7. The van der Waals surface area contributed by atoms with Crippen LogP contribution in [0.2, 0.25) is 5.02 Å². The van der Waals surface area contributed by atoms with Crippen molar-refractivity contribution in [3.8, 4) is 0 Å². The number of H-pyrrole nitrogens is 1. The summed E-state index contributed by atoms with van der Waals surface area (Å²) in [6.07, 6.45) is 2.09. The van der Waals surface area contributed by atoms with Gasteiger partial charge in [-0.3, -0.25) is 5.32 Å². The quantitative estimate of drug-likeness (QED) is 0.549. The van der Waals surface area contributed by atoms with Crippen molar-refractivity contribution in [3.63, 3.8) is 0 Å². The largest absolute Gasteiger partial charge is 0.449 e. The Labute approximate surface area is 101 Å². The van der Waals surface area contributed by atoms with E-state index in [2.05, 4.69) is 10.4 Å². The third-order valence-electron chi connectivity index (χ3n) is 2.72. The molecule has 1 fully saturated rings. The minimum Gasteiger partial charge on any atom is -0.371 e. The van der Waals surface area contributed by atoms with E-state index in [4.69, 9.17) is 11.6 Å². The molecule has 0 amide bonds. The van der Waals surface area contributed by atoms with Crippen LogP contribution in [0.3, 0.4) is 0 Å². The Morgan fingerprint density at radius 3 is 2.88 bits per heavy atom. The molecule has 0 spiro atoms. The number of hydrogen-bond donors (Lipinski definition) is 3. The molecule has 2 aromatic rings. The average Bonchev–Trinajstić information content (AvgIpc) is 3.09. The van der Waals surface area contributed by atoms with Crippen LogP contribution in [0.5, 0.6) is 0 Å². The second kappa shape index (κ2) is 3.59. The molecule has 7 heteroatoms. The van der Waals surface area contributed by atoms with Crippen molar-refractivity contribution in [2.75, 3.05) is 5.32 Å². The van der Waals surface area contributed by atoms with Gasteiger partial charge >= 0.3 is 11.5 Å². The highest BCUT2D eigenvalue weighted by Crippen LogP contribution is 2.22. The van der Waals surface area contributed by atoms with Gasteiger partial charge in [-0.1, -0.05) is 11.6 Å². The first-order valence-corrected chi connectivity index (χ1v) is 5.69. The van der Waals surface area contributed by atoms with Gasteiger partial charge in [0, 0.05) is 16.2 Å². The summed E-state index contributed by atoms with van der Waals surface area (Å²) in [5, 5.41) is 16.0. The summed E-state index contributed by atoms with van der Waals surface area (Å²) in [7, 11) is 0. The van der Waals surface area contributed by atoms with Gasteiger partial charge in [0.1, 0.15) is 0 Å². The Bertz CT molecular complexity index is 651. The van der Waals surface area contributed by atoms with Crippen molar-refractivity contribution in [2.24, 2.45) is 0 Å². The average molecular weight is 255 g/mol. The van der Waals surface area contributed by atoms with E-state index in [0.717, 1.165) is 17.6 Å². The summed E-state index contributed by atoms with van der Waals surface area (Å²) < 4.78 is 1.51. The zero-order valence-electron chi connectivity index (χ0n) is 8.85. The second-order valence-electron chi connectivity index (χ2n) is 4.12. The van der Waals surface area contributed by atoms with Crippen LogP contribution in [0.15, 0.2) is 18.2 Å². The summed E-state index contributed by atoms with van der Waals surface area (Å²) in [5.74, 6) is 0.275. The number of rotatable bonds is 2. The Hall–Kier alpha value is -1.82. The maximum Gasteiger partial charge on any atom is 0.449 e. The lowest BCUT2D eigenvalue weighted by atomic mass is 10.3. The highest BCUT2D eigenvalue weighted by Gasteiger charge is 2.31. The lowest BCUT2D eigenvalue weighted by molar-refractivity contribution is -0.881. The maximum atomic E-state index is 11.7. The van der Waals surface area contributed by atoms with Crippen molar-refractivity contribution >= 4 is 28.6 Å². The van der Waals surface area contributed by atoms with E-state index in [0.29, 0.717) is 21.1 Å². The van der Waals surface area contributed by atoms with Gasteiger partial charge in [-0.25, -0.2) is 0 Å². The van der Waals surface area contributed by atoms with Crippen LogP contribution in [0.4, 0.5) is 5.95 Å². The number of halogens is 1. The van der Waals surface area contributed by atoms with Crippen molar-refractivity contribution in [1.29, 1.82) is 0 Å². The molecule has 6 nitrogen and oxygen atoms in total. The summed E-state index contributed by atoms with van der Waals surface area (Å²) in [6.45, 7) is 0. The van der Waals surface area contributed by atoms with E-state index in [1.165, 1.54) is 6.07 Å². The van der Waals surface area contributed by atoms with Crippen molar-refractivity contribution < 1.29 is 14.5 Å². The maximum absolute atomic E-state index is 11.7. The van der Waals surface area contributed by atoms with Crippen molar-refractivity contribution in [1.82, 2.24) is 5.10 Å². The molecule has 3 rings (SSSR count). The number of hydrogen-bond acceptors (Lipinski definition) is 3. The molecule has 0 atom stereocenters. The molecule has 3 N–H and O–H groups in total. The molecule has 0 bridgehead atoms. The zero-order chi connectivity index (χ0) is 12.0. The molecular weight excluding hydrogens is 244 g/mol. The van der Waals surface area contributed by atoms with Crippen molar-refractivity contribution in [2.45, 2.75) is 18.9 Å². The van der Waals surface area contributed by atoms with Crippen LogP contribution in [-0.4, -0.2) is 16.3 Å². The minimum atomic E-state index is 0.275. The first-order valence-electron chi connectivity index (χ1n) is 5.31. The Morgan fingerprint density at radius 2 is 2.18 bits per heavy atom. The Morgan fingerprint density at radius 1 is 1.41 bits per heavy atom. The van der Waals surface area contributed by atoms with Gasteiger partial charge in [0.25, 0.3) is 0 Å². The second-order valence-corrected chi connectivity index (χ2v) is 4.55. The van der Waals surface area contributed by atoms with E-state index < -0.39 is 0 Å². The van der Waals surface area contributed by atoms with Gasteiger partial charge in [-0.15, -0.1) is 0 Å². The molecule has 17 heavy (non-hydrogen) atoms. The molecule has 1 aromatic carbocycles. The molecular formula is C10H11ClN4O2+2. The molecule has 1 aromatic heterocycles. The van der Waals surface area contributed by atoms with E-state index >= 15 is 0 Å². The number of benzene rings is 1. The molecule has 0 radical (unpaired) electrons. The van der Waals surface area contributed by atoms with Crippen LogP contribution in [0, 0.1) is 4.91 Å². The molecule has 0 unspecified atom stereocenters. The lowest BCUT2D eigenvalue weighted by Crippen LogP contribution is -2.42. The van der Waals surface area contributed by atoms with Gasteiger partial charge in [0.15, 0.2) is 0 Å². The Kier molecular flexibility index (Phi) is 2.19. The standard InChI is InChI=1S/C10H10ClN4O2/c11-6-1-4-8-9(5-6)15(17)13-10(14(8)16)12-7-2-3-7/h1,4-5,7,16H,2-3H2,(H,12,13,17)/q+1/p+1.